The first kappa shape index (κ1) is 12.2. The monoisotopic (exact) mass is 218 g/mol. The number of hydrogen-bond donors (Lipinski definition) is 1. The average Bonchev–Trinajstić information content (AvgIpc) is 2.16. The Kier molecular flexibility index (Phi) is 3.28. The van der Waals surface area contributed by atoms with E-state index in [0.717, 1.165) is 5.69 Å². The van der Waals surface area contributed by atoms with Crippen LogP contribution in [0.1, 0.15) is 43.2 Å². The Hall–Kier alpha value is -1.89. The number of aromatic nitrogens is 1. The molecule has 1 N–H and O–H groups in total. The fraction of sp³-hybridized carbons (Fsp3) is 0.417. The summed E-state index contributed by atoms with van der Waals surface area (Å²) in [6, 6.07) is 4.94. The van der Waals surface area contributed by atoms with Crippen molar-refractivity contribution in [3.05, 3.63) is 33.7 Å². The molecule has 1 heterocycles. The zero-order chi connectivity index (χ0) is 12.3. The maximum absolute atomic E-state index is 11.6. The van der Waals surface area contributed by atoms with Gasteiger partial charge in [-0.25, -0.2) is 0 Å². The lowest BCUT2D eigenvalue weighted by molar-refractivity contribution is 0.0996. The molecule has 0 radical (unpaired) electrons. The molecule has 4 heteroatoms. The van der Waals surface area contributed by atoms with Gasteiger partial charge in [0.15, 0.2) is 5.78 Å². The van der Waals surface area contributed by atoms with Gasteiger partial charge in [0.2, 0.25) is 0 Å². The van der Waals surface area contributed by atoms with Crippen LogP contribution in [0, 0.1) is 11.3 Å². The van der Waals surface area contributed by atoms with Crippen LogP contribution in [0.4, 0.5) is 0 Å². The van der Waals surface area contributed by atoms with Gasteiger partial charge in [0.05, 0.1) is 18.1 Å². The molecular weight excluding hydrogens is 204 g/mol. The van der Waals surface area contributed by atoms with E-state index in [4.69, 9.17) is 5.26 Å². The van der Waals surface area contributed by atoms with Crippen molar-refractivity contribution in [3.63, 3.8) is 0 Å². The van der Waals surface area contributed by atoms with Gasteiger partial charge in [-0.3, -0.25) is 9.59 Å². The summed E-state index contributed by atoms with van der Waals surface area (Å²) in [7, 11) is 0. The number of rotatable bonds is 2. The fourth-order valence-corrected chi connectivity index (χ4v) is 1.30. The number of hydrogen-bond acceptors (Lipinski definition) is 3. The lowest BCUT2D eigenvalue weighted by atomic mass is 9.91. The maximum Gasteiger partial charge on any atom is 0.259 e. The Balaban J connectivity index is 3.17. The summed E-state index contributed by atoms with van der Waals surface area (Å²) < 4.78 is 0. The summed E-state index contributed by atoms with van der Waals surface area (Å²) in [6.07, 6.45) is -0.266. The first-order valence-corrected chi connectivity index (χ1v) is 5.00. The molecule has 0 amide bonds. The Labute approximate surface area is 93.9 Å². The van der Waals surface area contributed by atoms with Crippen LogP contribution >= 0.6 is 0 Å². The highest BCUT2D eigenvalue weighted by atomic mass is 16.1. The number of carbonyl (C=O) groups excluding carboxylic acids is 1. The van der Waals surface area contributed by atoms with E-state index in [0.29, 0.717) is 0 Å². The Bertz CT molecular complexity index is 501. The first-order valence-electron chi connectivity index (χ1n) is 5.00. The number of carbonyl (C=O) groups is 1. The van der Waals surface area contributed by atoms with Crippen LogP contribution in [-0.2, 0) is 5.41 Å². The van der Waals surface area contributed by atoms with Crippen molar-refractivity contribution in [2.75, 3.05) is 0 Å². The zero-order valence-corrected chi connectivity index (χ0v) is 9.63. The Morgan fingerprint density at radius 1 is 1.44 bits per heavy atom. The molecule has 0 aliphatic heterocycles. The number of Topliss-reactive ketones (excluding diaryl/α,β-unsaturated/α-hetero) is 1. The smallest absolute Gasteiger partial charge is 0.259 e. The predicted molar refractivity (Wildman–Crippen MR) is 60.3 cm³/mol. The minimum atomic E-state index is -0.441. The number of H-pyrrole nitrogens is 1. The molecule has 0 unspecified atom stereocenters. The highest BCUT2D eigenvalue weighted by Crippen LogP contribution is 2.18. The number of nitrogens with zero attached hydrogens (tertiary/aromatic N) is 1. The molecular formula is C12H14N2O2. The number of nitriles is 1. The van der Waals surface area contributed by atoms with Gasteiger partial charge in [0, 0.05) is 11.1 Å². The molecule has 0 aromatic carbocycles. The van der Waals surface area contributed by atoms with Crippen molar-refractivity contribution in [1.29, 1.82) is 5.26 Å². The summed E-state index contributed by atoms with van der Waals surface area (Å²) >= 11 is 0. The lowest BCUT2D eigenvalue weighted by Crippen LogP contribution is -2.23. The molecule has 0 aliphatic carbocycles. The van der Waals surface area contributed by atoms with Crippen molar-refractivity contribution in [1.82, 2.24) is 4.98 Å². The van der Waals surface area contributed by atoms with Crippen molar-refractivity contribution in [2.24, 2.45) is 0 Å². The van der Waals surface area contributed by atoms with Gasteiger partial charge in [-0.15, -0.1) is 0 Å². The molecule has 1 rings (SSSR count). The highest BCUT2D eigenvalue weighted by Gasteiger charge is 2.17. The number of aromatic amines is 1. The molecule has 0 saturated heterocycles. The quantitative estimate of drug-likeness (QED) is 0.769. The molecule has 0 saturated carbocycles. The second-order valence-electron chi connectivity index (χ2n) is 4.62. The van der Waals surface area contributed by atoms with Gasteiger partial charge < -0.3 is 4.98 Å². The third kappa shape index (κ3) is 2.57. The van der Waals surface area contributed by atoms with Crippen LogP contribution in [0.25, 0.3) is 0 Å². The van der Waals surface area contributed by atoms with Crippen LogP contribution in [-0.4, -0.2) is 10.8 Å². The van der Waals surface area contributed by atoms with Crippen LogP contribution in [0.15, 0.2) is 16.9 Å². The third-order valence-electron chi connectivity index (χ3n) is 2.26. The summed E-state index contributed by atoms with van der Waals surface area (Å²) in [6.45, 7) is 5.90. The summed E-state index contributed by atoms with van der Waals surface area (Å²) in [5, 5.41) is 8.39. The third-order valence-corrected chi connectivity index (χ3v) is 2.26. The Morgan fingerprint density at radius 3 is 2.50 bits per heavy atom. The van der Waals surface area contributed by atoms with E-state index in [2.05, 4.69) is 4.98 Å². The van der Waals surface area contributed by atoms with Crippen LogP contribution in [0.2, 0.25) is 0 Å². The molecule has 0 aliphatic rings. The molecule has 0 fully saturated rings. The minimum absolute atomic E-state index is 0.0505. The van der Waals surface area contributed by atoms with Crippen LogP contribution in [0.5, 0.6) is 0 Å². The summed E-state index contributed by atoms with van der Waals surface area (Å²) in [5.41, 5.74) is 0.226. The predicted octanol–water partition coefficient (Wildman–Crippen LogP) is 1.77. The van der Waals surface area contributed by atoms with Gasteiger partial charge in [-0.05, 0) is 12.1 Å². The zero-order valence-electron chi connectivity index (χ0n) is 9.63. The summed E-state index contributed by atoms with van der Waals surface area (Å²) in [5.74, 6) is -0.441. The van der Waals surface area contributed by atoms with Crippen molar-refractivity contribution >= 4 is 5.78 Å². The molecule has 4 nitrogen and oxygen atoms in total. The number of nitrogens with one attached hydrogen (secondary N) is 1. The van der Waals surface area contributed by atoms with E-state index < -0.39 is 11.3 Å². The van der Waals surface area contributed by atoms with Crippen LogP contribution < -0.4 is 5.56 Å². The van der Waals surface area contributed by atoms with Crippen molar-refractivity contribution < 1.29 is 4.79 Å². The van der Waals surface area contributed by atoms with E-state index in [-0.39, 0.29) is 17.4 Å². The van der Waals surface area contributed by atoms with Crippen molar-refractivity contribution in [2.45, 2.75) is 32.6 Å². The summed E-state index contributed by atoms with van der Waals surface area (Å²) in [4.78, 5) is 25.7. The lowest BCUT2D eigenvalue weighted by Gasteiger charge is -2.18. The standard InChI is InChI=1S/C12H14N2O2/c1-12(2,3)10-5-4-8(11(16)14-10)9(15)6-7-13/h4-5H,6H2,1-3H3,(H,14,16). The van der Waals surface area contributed by atoms with Crippen molar-refractivity contribution in [3.8, 4) is 6.07 Å². The topological polar surface area (TPSA) is 73.7 Å². The van der Waals surface area contributed by atoms with E-state index in [1.54, 1.807) is 12.1 Å². The average molecular weight is 218 g/mol. The molecule has 0 atom stereocenters. The molecule has 1 aromatic rings. The van der Waals surface area contributed by atoms with E-state index in [9.17, 15) is 9.59 Å². The molecule has 16 heavy (non-hydrogen) atoms. The molecule has 0 spiro atoms. The van der Waals surface area contributed by atoms with Gasteiger partial charge in [0.1, 0.15) is 0 Å². The largest absolute Gasteiger partial charge is 0.325 e. The normalized spacial score (nSPS) is 10.9. The molecule has 84 valence electrons. The van der Waals surface area contributed by atoms with Gasteiger partial charge >= 0.3 is 0 Å². The molecule has 0 bridgehead atoms. The van der Waals surface area contributed by atoms with Gasteiger partial charge in [0.25, 0.3) is 5.56 Å². The highest BCUT2D eigenvalue weighted by molar-refractivity contribution is 5.96. The second kappa shape index (κ2) is 4.31. The minimum Gasteiger partial charge on any atom is -0.325 e. The van der Waals surface area contributed by atoms with E-state index in [1.807, 2.05) is 20.8 Å². The number of ketones is 1. The second-order valence-corrected chi connectivity index (χ2v) is 4.62. The van der Waals surface area contributed by atoms with E-state index >= 15 is 0 Å². The van der Waals surface area contributed by atoms with Crippen LogP contribution in [0.3, 0.4) is 0 Å². The Morgan fingerprint density at radius 2 is 2.06 bits per heavy atom. The van der Waals surface area contributed by atoms with E-state index in [1.165, 1.54) is 6.07 Å². The first-order chi connectivity index (χ1) is 7.36. The SMILES string of the molecule is CC(C)(C)c1ccc(C(=O)CC#N)c(=O)[nH]1. The van der Waals surface area contributed by atoms with Gasteiger partial charge in [-0.1, -0.05) is 20.8 Å². The maximum atomic E-state index is 11.6. The molecule has 1 aromatic heterocycles. The number of pyridine rings is 1. The van der Waals surface area contributed by atoms with Gasteiger partial charge in [-0.2, -0.15) is 5.26 Å². The fourth-order valence-electron chi connectivity index (χ4n) is 1.30.